The van der Waals surface area contributed by atoms with Gasteiger partial charge in [0, 0.05) is 27.3 Å². The summed E-state index contributed by atoms with van der Waals surface area (Å²) in [6.45, 7) is 4.93. The fourth-order valence-corrected chi connectivity index (χ4v) is 12.3. The number of pyridine rings is 1. The van der Waals surface area contributed by atoms with E-state index >= 15 is 0 Å². The van der Waals surface area contributed by atoms with E-state index in [0.29, 0.717) is 0 Å². The van der Waals surface area contributed by atoms with Gasteiger partial charge in [-0.2, -0.15) is 0 Å². The Morgan fingerprint density at radius 3 is 1.88 bits per heavy atom. The number of imidazole rings is 1. The van der Waals surface area contributed by atoms with Crippen LogP contribution in [0.4, 0.5) is 0 Å². The van der Waals surface area contributed by atoms with E-state index in [2.05, 4.69) is 128 Å². The number of fused-ring (bicyclic) bond motifs is 3. The van der Waals surface area contributed by atoms with E-state index in [9.17, 15) is 0 Å². The van der Waals surface area contributed by atoms with Crippen molar-refractivity contribution in [2.45, 2.75) is 18.9 Å². The fourth-order valence-electron chi connectivity index (χ4n) is 6.53. The first-order valence-corrected chi connectivity index (χ1v) is 13.6. The summed E-state index contributed by atoms with van der Waals surface area (Å²) in [4.78, 5) is 5.11. The van der Waals surface area contributed by atoms with Crippen molar-refractivity contribution in [2.75, 3.05) is 0 Å². The molecule has 33 heavy (non-hydrogen) atoms. The molecule has 2 aromatic heterocycles. The second-order valence-electron chi connectivity index (χ2n) is 9.66. The Hall–Kier alpha value is -3.69. The highest BCUT2D eigenvalue weighted by molar-refractivity contribution is 7.13. The van der Waals surface area contributed by atoms with E-state index < -0.39 is 8.07 Å². The molecule has 0 fully saturated rings. The number of para-hydroxylation sites is 1. The highest BCUT2D eigenvalue weighted by atomic mass is 28.3. The highest BCUT2D eigenvalue weighted by Crippen LogP contribution is 2.43. The van der Waals surface area contributed by atoms with Gasteiger partial charge in [0.05, 0.1) is 5.52 Å². The van der Waals surface area contributed by atoms with Crippen LogP contribution in [-0.4, -0.2) is 17.5 Å². The Morgan fingerprint density at radius 1 is 0.636 bits per heavy atom. The van der Waals surface area contributed by atoms with Crippen LogP contribution in [-0.2, 0) is 5.04 Å². The molecular formula is C30H24N2Si. The van der Waals surface area contributed by atoms with Crippen molar-refractivity contribution in [3.05, 3.63) is 115 Å². The Balaban J connectivity index is 1.80. The topological polar surface area (TPSA) is 17.3 Å². The molecule has 0 radical (unpaired) electrons. The third-order valence-electron chi connectivity index (χ3n) is 7.89. The van der Waals surface area contributed by atoms with Gasteiger partial charge >= 0.3 is 0 Å². The molecule has 6 aromatic rings. The average Bonchev–Trinajstić information content (AvgIpc) is 3.31. The number of benzene rings is 4. The molecule has 3 heterocycles. The summed E-state index contributed by atoms with van der Waals surface area (Å²) in [6.07, 6.45) is 2.19. The smallest absolute Gasteiger partial charge is 0.181 e. The van der Waals surface area contributed by atoms with Crippen LogP contribution in [0.3, 0.4) is 0 Å². The lowest BCUT2D eigenvalue weighted by Gasteiger charge is -2.49. The minimum atomic E-state index is -2.52. The summed E-state index contributed by atoms with van der Waals surface area (Å²) in [6, 6.07) is 38.0. The molecule has 7 rings (SSSR count). The molecule has 0 atom stereocenters. The van der Waals surface area contributed by atoms with Gasteiger partial charge in [0.1, 0.15) is 5.65 Å². The first-order chi connectivity index (χ1) is 16.2. The van der Waals surface area contributed by atoms with E-state index in [1.165, 1.54) is 42.9 Å². The molecule has 0 saturated heterocycles. The molecule has 0 amide bonds. The Bertz CT molecular complexity index is 1640. The summed E-state index contributed by atoms with van der Waals surface area (Å²) in [5.74, 6) is 0. The number of hydrogen-bond donors (Lipinski definition) is 0. The van der Waals surface area contributed by atoms with Gasteiger partial charge in [-0.25, -0.2) is 4.98 Å². The number of hydrogen-bond acceptors (Lipinski definition) is 1. The van der Waals surface area contributed by atoms with Crippen LogP contribution in [0.5, 0.6) is 0 Å². The van der Waals surface area contributed by atoms with E-state index in [4.69, 9.17) is 4.98 Å². The van der Waals surface area contributed by atoms with Crippen molar-refractivity contribution < 1.29 is 0 Å². The minimum Gasteiger partial charge on any atom is -0.299 e. The maximum absolute atomic E-state index is 5.11. The molecule has 0 aliphatic carbocycles. The Labute approximate surface area is 194 Å². The Kier molecular flexibility index (Phi) is 3.67. The lowest BCUT2D eigenvalue weighted by atomic mass is 9.95. The van der Waals surface area contributed by atoms with Gasteiger partial charge < -0.3 is 0 Å². The van der Waals surface area contributed by atoms with Gasteiger partial charge in [0.15, 0.2) is 8.07 Å². The molecule has 0 saturated carbocycles. The number of rotatable bonds is 2. The van der Waals surface area contributed by atoms with Crippen molar-refractivity contribution in [3.63, 3.8) is 0 Å². The first-order valence-electron chi connectivity index (χ1n) is 11.6. The van der Waals surface area contributed by atoms with Gasteiger partial charge in [-0.15, -0.1) is 0 Å². The van der Waals surface area contributed by atoms with Crippen LogP contribution in [0, 0.1) is 0 Å². The summed E-state index contributed by atoms with van der Waals surface area (Å²) in [5, 5.41) is 7.96. The third kappa shape index (κ3) is 2.16. The van der Waals surface area contributed by atoms with Crippen molar-refractivity contribution in [1.82, 2.24) is 9.38 Å². The predicted molar refractivity (Wildman–Crippen MR) is 141 cm³/mol. The zero-order valence-electron chi connectivity index (χ0n) is 18.8. The molecule has 1 aliphatic heterocycles. The molecule has 158 valence electrons. The van der Waals surface area contributed by atoms with Crippen LogP contribution < -0.4 is 15.7 Å². The lowest BCUT2D eigenvalue weighted by Crippen LogP contribution is -2.78. The molecule has 4 aromatic carbocycles. The minimum absolute atomic E-state index is 0.0827. The molecule has 2 nitrogen and oxygen atoms in total. The molecule has 0 spiro atoms. The fraction of sp³-hybridized carbons (Fsp3) is 0.100. The third-order valence-corrected chi connectivity index (χ3v) is 13.6. The standard InChI is InChI=1S/C30H24N2Si/c1-30(2)26-19-11-18-24-23-16-9-10-17-25(23)29-31-20-27(32(29)28(24)26)33(30,21-12-5-3-6-13-21)22-14-7-4-8-15-22/h3-20H,1-2H3. The van der Waals surface area contributed by atoms with Crippen molar-refractivity contribution in [1.29, 1.82) is 0 Å². The average molecular weight is 441 g/mol. The Morgan fingerprint density at radius 2 is 1.21 bits per heavy atom. The predicted octanol–water partition coefficient (Wildman–Crippen LogP) is 4.94. The first kappa shape index (κ1) is 18.8. The highest BCUT2D eigenvalue weighted by Gasteiger charge is 2.57. The van der Waals surface area contributed by atoms with E-state index in [0.717, 1.165) is 5.65 Å². The zero-order chi connectivity index (χ0) is 22.2. The number of nitrogens with zero attached hydrogens (tertiary/aromatic N) is 2. The van der Waals surface area contributed by atoms with E-state index in [1.807, 2.05) is 0 Å². The zero-order valence-corrected chi connectivity index (χ0v) is 19.8. The summed E-state index contributed by atoms with van der Waals surface area (Å²) in [7, 11) is -2.52. The second-order valence-corrected chi connectivity index (χ2v) is 14.1. The van der Waals surface area contributed by atoms with E-state index in [-0.39, 0.29) is 5.04 Å². The molecule has 0 bridgehead atoms. The quantitative estimate of drug-likeness (QED) is 0.275. The molecular weight excluding hydrogens is 416 g/mol. The largest absolute Gasteiger partial charge is 0.299 e. The van der Waals surface area contributed by atoms with Crippen LogP contribution in [0.25, 0.3) is 27.3 Å². The second kappa shape index (κ2) is 6.43. The van der Waals surface area contributed by atoms with Crippen molar-refractivity contribution >= 4 is 51.1 Å². The molecule has 0 unspecified atom stereocenters. The van der Waals surface area contributed by atoms with Crippen LogP contribution >= 0.6 is 0 Å². The monoisotopic (exact) mass is 440 g/mol. The van der Waals surface area contributed by atoms with E-state index in [1.54, 1.807) is 0 Å². The molecule has 1 aliphatic rings. The normalized spacial score (nSPS) is 16.1. The summed E-state index contributed by atoms with van der Waals surface area (Å²) >= 11 is 0. The van der Waals surface area contributed by atoms with Gasteiger partial charge in [-0.1, -0.05) is 117 Å². The summed E-state index contributed by atoms with van der Waals surface area (Å²) < 4.78 is 2.50. The van der Waals surface area contributed by atoms with Crippen molar-refractivity contribution in [3.8, 4) is 0 Å². The van der Waals surface area contributed by atoms with Crippen LogP contribution in [0.2, 0.25) is 0 Å². The van der Waals surface area contributed by atoms with Gasteiger partial charge in [0.25, 0.3) is 0 Å². The van der Waals surface area contributed by atoms with Crippen LogP contribution in [0.15, 0.2) is 109 Å². The van der Waals surface area contributed by atoms with Gasteiger partial charge in [-0.05, 0) is 21.3 Å². The molecule has 0 N–H and O–H groups in total. The van der Waals surface area contributed by atoms with Gasteiger partial charge in [-0.3, -0.25) is 4.40 Å². The SMILES string of the molecule is CC1(C)c2cccc3c4ccccc4c4ncc(n4c23)[Si]1(c1ccccc1)c1ccccc1. The number of aromatic nitrogens is 2. The van der Waals surface area contributed by atoms with Crippen LogP contribution in [0.1, 0.15) is 19.4 Å². The lowest BCUT2D eigenvalue weighted by molar-refractivity contribution is 0.732. The van der Waals surface area contributed by atoms with Gasteiger partial charge in [0.2, 0.25) is 0 Å². The maximum Gasteiger partial charge on any atom is 0.181 e. The molecule has 3 heteroatoms. The summed E-state index contributed by atoms with van der Waals surface area (Å²) in [5.41, 5.74) is 3.80. The van der Waals surface area contributed by atoms with Crippen molar-refractivity contribution in [2.24, 2.45) is 0 Å². The maximum atomic E-state index is 5.11.